The summed E-state index contributed by atoms with van der Waals surface area (Å²) in [7, 11) is 0. The highest BCUT2D eigenvalue weighted by Gasteiger charge is 1.94. The van der Waals surface area contributed by atoms with E-state index in [0.717, 1.165) is 5.69 Å². The lowest BCUT2D eigenvalue weighted by molar-refractivity contribution is 0.410. The molecule has 0 unspecified atom stereocenters. The van der Waals surface area contributed by atoms with Crippen molar-refractivity contribution in [3.05, 3.63) is 36.5 Å². The first-order valence-corrected chi connectivity index (χ1v) is 3.12. The molecule has 0 radical (unpaired) electrons. The van der Waals surface area contributed by atoms with Gasteiger partial charge in [0, 0.05) is 18.1 Å². The monoisotopic (exact) mass is 133 g/mol. The molecule has 2 nitrogen and oxygen atoms in total. The van der Waals surface area contributed by atoms with Crippen molar-refractivity contribution in [3.8, 4) is 0 Å². The number of ether oxygens (including phenoxy) is 1. The average molecular weight is 133 g/mol. The lowest BCUT2D eigenvalue weighted by atomic mass is 10.4. The Morgan fingerprint density at radius 2 is 2.30 bits per heavy atom. The molecule has 0 amide bonds. The van der Waals surface area contributed by atoms with E-state index < -0.39 is 0 Å². The maximum atomic E-state index is 4.95. The number of hydrogen-bond donors (Lipinski definition) is 0. The zero-order valence-electron chi connectivity index (χ0n) is 5.40. The molecule has 2 rings (SSSR count). The molecule has 50 valence electrons. The van der Waals surface area contributed by atoms with Gasteiger partial charge in [-0.1, -0.05) is 0 Å². The Balaban J connectivity index is 2.56. The first-order valence-electron chi connectivity index (χ1n) is 3.12. The van der Waals surface area contributed by atoms with Crippen LogP contribution in [0.25, 0.3) is 12.3 Å². The molecule has 0 fully saturated rings. The van der Waals surface area contributed by atoms with E-state index in [2.05, 4.69) is 0 Å². The first-order chi connectivity index (χ1) is 4.97. The molecular weight excluding hydrogens is 126 g/mol. The van der Waals surface area contributed by atoms with Crippen LogP contribution < -0.4 is 0 Å². The van der Waals surface area contributed by atoms with E-state index >= 15 is 0 Å². The van der Waals surface area contributed by atoms with Crippen LogP contribution in [0.2, 0.25) is 0 Å². The van der Waals surface area contributed by atoms with E-state index in [1.54, 1.807) is 12.5 Å². The molecule has 0 N–H and O–H groups in total. The van der Waals surface area contributed by atoms with Crippen molar-refractivity contribution in [2.45, 2.75) is 0 Å². The highest BCUT2D eigenvalue weighted by atomic mass is 16.5. The van der Waals surface area contributed by atoms with Crippen molar-refractivity contribution in [2.24, 2.45) is 0 Å². The third kappa shape index (κ3) is 0.739. The molecule has 1 aliphatic rings. The van der Waals surface area contributed by atoms with E-state index in [0.29, 0.717) is 0 Å². The second kappa shape index (κ2) is 2.06. The lowest BCUT2D eigenvalue weighted by Gasteiger charge is -1.92. The molecule has 0 saturated carbocycles. The summed E-state index contributed by atoms with van der Waals surface area (Å²) < 4.78 is 6.94. The van der Waals surface area contributed by atoms with Crippen molar-refractivity contribution in [1.82, 2.24) is 4.57 Å². The molecule has 1 aromatic heterocycles. The molecule has 0 bridgehead atoms. The topological polar surface area (TPSA) is 14.2 Å². The zero-order chi connectivity index (χ0) is 6.81. The van der Waals surface area contributed by atoms with Crippen LogP contribution >= 0.6 is 0 Å². The molecule has 2 heterocycles. The summed E-state index contributed by atoms with van der Waals surface area (Å²) in [6.07, 6.45) is 9.07. The van der Waals surface area contributed by atoms with E-state index in [-0.39, 0.29) is 0 Å². The quantitative estimate of drug-likeness (QED) is 0.527. The van der Waals surface area contributed by atoms with E-state index in [4.69, 9.17) is 4.74 Å². The summed E-state index contributed by atoms with van der Waals surface area (Å²) in [4.78, 5) is 0. The number of rotatable bonds is 0. The minimum atomic E-state index is 1.13. The standard InChI is InChI=1S/C8H7NO/c1-2-8-3-6-10-7-5-9(8)4-1/h1-7H. The molecule has 0 spiro atoms. The van der Waals surface area contributed by atoms with Gasteiger partial charge in [0.15, 0.2) is 0 Å². The smallest absolute Gasteiger partial charge is 0.107 e. The Kier molecular flexibility index (Phi) is 1.10. The van der Waals surface area contributed by atoms with Gasteiger partial charge in [0.1, 0.15) is 6.26 Å². The molecule has 0 saturated heterocycles. The van der Waals surface area contributed by atoms with E-state index in [1.165, 1.54) is 0 Å². The molecule has 10 heavy (non-hydrogen) atoms. The van der Waals surface area contributed by atoms with Crippen LogP contribution in [0.5, 0.6) is 0 Å². The van der Waals surface area contributed by atoms with Gasteiger partial charge >= 0.3 is 0 Å². The van der Waals surface area contributed by atoms with Gasteiger partial charge in [-0.05, 0) is 18.2 Å². The number of aromatic nitrogens is 1. The molecule has 0 aliphatic carbocycles. The second-order valence-electron chi connectivity index (χ2n) is 2.06. The number of hydrogen-bond acceptors (Lipinski definition) is 1. The Morgan fingerprint density at radius 3 is 3.30 bits per heavy atom. The van der Waals surface area contributed by atoms with Gasteiger partial charge in [0.05, 0.1) is 6.26 Å². The summed E-state index contributed by atoms with van der Waals surface area (Å²) >= 11 is 0. The van der Waals surface area contributed by atoms with Crippen molar-refractivity contribution in [2.75, 3.05) is 0 Å². The van der Waals surface area contributed by atoms with Crippen LogP contribution in [0.1, 0.15) is 5.69 Å². The van der Waals surface area contributed by atoms with Gasteiger partial charge in [-0.15, -0.1) is 0 Å². The van der Waals surface area contributed by atoms with Gasteiger partial charge in [-0.25, -0.2) is 0 Å². The second-order valence-corrected chi connectivity index (χ2v) is 2.06. The van der Waals surface area contributed by atoms with Crippen molar-refractivity contribution < 1.29 is 4.74 Å². The molecule has 0 aromatic carbocycles. The van der Waals surface area contributed by atoms with Gasteiger partial charge < -0.3 is 9.30 Å². The minimum absolute atomic E-state index is 1.13. The van der Waals surface area contributed by atoms with Crippen LogP contribution in [0.15, 0.2) is 30.9 Å². The molecule has 1 aliphatic heterocycles. The maximum Gasteiger partial charge on any atom is 0.107 e. The predicted octanol–water partition coefficient (Wildman–Crippen LogP) is 1.92. The number of fused-ring (bicyclic) bond motifs is 1. The van der Waals surface area contributed by atoms with Gasteiger partial charge in [0.2, 0.25) is 0 Å². The molecule has 0 atom stereocenters. The molecule has 1 aromatic rings. The van der Waals surface area contributed by atoms with Crippen molar-refractivity contribution >= 4 is 12.3 Å². The fraction of sp³-hybridized carbons (Fsp3) is 0. The molecule has 2 heteroatoms. The summed E-state index contributed by atoms with van der Waals surface area (Å²) in [5.74, 6) is 0. The van der Waals surface area contributed by atoms with Gasteiger partial charge in [-0.3, -0.25) is 0 Å². The summed E-state index contributed by atoms with van der Waals surface area (Å²) in [5.41, 5.74) is 1.13. The Bertz CT molecular complexity index is 257. The first kappa shape index (κ1) is 5.35. The largest absolute Gasteiger partial charge is 0.471 e. The maximum absolute atomic E-state index is 4.95. The highest BCUT2D eigenvalue weighted by Crippen LogP contribution is 2.08. The Hall–Kier alpha value is -1.44. The highest BCUT2D eigenvalue weighted by molar-refractivity contribution is 5.49. The van der Waals surface area contributed by atoms with Crippen LogP contribution in [0, 0.1) is 0 Å². The SMILES string of the molecule is C1=Cc2cccn2C=CO1. The normalized spacial score (nSPS) is 14.0. The average Bonchev–Trinajstić information content (AvgIpc) is 2.28. The fourth-order valence-corrected chi connectivity index (χ4v) is 0.939. The summed E-state index contributed by atoms with van der Waals surface area (Å²) in [5, 5.41) is 0. The summed E-state index contributed by atoms with van der Waals surface area (Å²) in [6, 6.07) is 4.02. The zero-order valence-corrected chi connectivity index (χ0v) is 5.40. The van der Waals surface area contributed by atoms with Crippen molar-refractivity contribution in [3.63, 3.8) is 0 Å². The fourth-order valence-electron chi connectivity index (χ4n) is 0.939. The van der Waals surface area contributed by atoms with E-state index in [1.807, 2.05) is 35.2 Å². The third-order valence-electron chi connectivity index (χ3n) is 1.43. The lowest BCUT2D eigenvalue weighted by Crippen LogP contribution is -1.83. The minimum Gasteiger partial charge on any atom is -0.471 e. The molecular formula is C8H7NO. The predicted molar refractivity (Wildman–Crippen MR) is 39.9 cm³/mol. The van der Waals surface area contributed by atoms with Crippen LogP contribution in [0.4, 0.5) is 0 Å². The Labute approximate surface area is 59.0 Å². The van der Waals surface area contributed by atoms with E-state index in [9.17, 15) is 0 Å². The van der Waals surface area contributed by atoms with Gasteiger partial charge in [0.25, 0.3) is 0 Å². The Morgan fingerprint density at radius 1 is 1.30 bits per heavy atom. The van der Waals surface area contributed by atoms with Crippen molar-refractivity contribution in [1.29, 1.82) is 0 Å². The van der Waals surface area contributed by atoms with Gasteiger partial charge in [-0.2, -0.15) is 0 Å². The third-order valence-corrected chi connectivity index (χ3v) is 1.43. The van der Waals surface area contributed by atoms with Crippen LogP contribution in [-0.2, 0) is 4.74 Å². The van der Waals surface area contributed by atoms with Crippen LogP contribution in [-0.4, -0.2) is 4.57 Å². The number of nitrogens with zero attached hydrogens (tertiary/aromatic N) is 1. The van der Waals surface area contributed by atoms with Crippen LogP contribution in [0.3, 0.4) is 0 Å². The summed E-state index contributed by atoms with van der Waals surface area (Å²) in [6.45, 7) is 0.